The number of nitrogens with zero attached hydrogens (tertiary/aromatic N) is 1. The molecule has 0 bridgehead atoms. The second kappa shape index (κ2) is 8.66. The summed E-state index contributed by atoms with van der Waals surface area (Å²) in [5.74, 6) is 0.514. The number of amides is 1. The molecular weight excluding hydrogens is 369 g/mol. The summed E-state index contributed by atoms with van der Waals surface area (Å²) in [6, 6.07) is 14.5. The summed E-state index contributed by atoms with van der Waals surface area (Å²) in [5, 5.41) is 4.14. The Hall–Kier alpha value is -2.86. The van der Waals surface area contributed by atoms with Crippen molar-refractivity contribution in [1.82, 2.24) is 15.2 Å². The summed E-state index contributed by atoms with van der Waals surface area (Å²) >= 11 is 0. The van der Waals surface area contributed by atoms with Gasteiger partial charge in [-0.1, -0.05) is 12.1 Å². The van der Waals surface area contributed by atoms with Gasteiger partial charge in [-0.05, 0) is 55.7 Å². The molecule has 1 fully saturated rings. The van der Waals surface area contributed by atoms with Gasteiger partial charge < -0.3 is 15.0 Å². The summed E-state index contributed by atoms with van der Waals surface area (Å²) in [7, 11) is 0. The number of hydrogen-bond donors (Lipinski definition) is 2. The molecule has 0 unspecified atom stereocenters. The Kier molecular flexibility index (Phi) is 5.81. The summed E-state index contributed by atoms with van der Waals surface area (Å²) < 4.78 is 18.6. The zero-order valence-electron chi connectivity index (χ0n) is 16.6. The highest BCUT2D eigenvalue weighted by molar-refractivity contribution is 5.98. The minimum atomic E-state index is -0.207. The fraction of sp³-hybridized carbons (Fsp3) is 0.348. The van der Waals surface area contributed by atoms with Crippen LogP contribution in [-0.4, -0.2) is 41.5 Å². The fourth-order valence-corrected chi connectivity index (χ4v) is 3.83. The molecule has 1 aliphatic rings. The molecule has 152 valence electrons. The lowest BCUT2D eigenvalue weighted by molar-refractivity contribution is 0.0904. The van der Waals surface area contributed by atoms with Gasteiger partial charge >= 0.3 is 0 Å². The Morgan fingerprint density at radius 1 is 1.17 bits per heavy atom. The highest BCUT2D eigenvalue weighted by atomic mass is 19.1. The van der Waals surface area contributed by atoms with Crippen LogP contribution in [0.25, 0.3) is 10.9 Å². The van der Waals surface area contributed by atoms with Crippen LogP contribution in [0.1, 0.15) is 35.8 Å². The molecule has 4 rings (SSSR count). The molecule has 2 aromatic carbocycles. The van der Waals surface area contributed by atoms with E-state index in [1.54, 1.807) is 0 Å². The number of aromatic amines is 1. The predicted octanol–water partition coefficient (Wildman–Crippen LogP) is 4.10. The number of halogens is 1. The van der Waals surface area contributed by atoms with E-state index in [4.69, 9.17) is 4.74 Å². The van der Waals surface area contributed by atoms with E-state index in [0.717, 1.165) is 54.7 Å². The van der Waals surface area contributed by atoms with E-state index < -0.39 is 0 Å². The smallest absolute Gasteiger partial charge is 0.267 e. The van der Waals surface area contributed by atoms with Crippen LogP contribution >= 0.6 is 0 Å². The third kappa shape index (κ3) is 4.77. The van der Waals surface area contributed by atoms with Gasteiger partial charge in [-0.25, -0.2) is 4.39 Å². The zero-order valence-corrected chi connectivity index (χ0v) is 16.6. The molecule has 1 aliphatic heterocycles. The van der Waals surface area contributed by atoms with E-state index in [-0.39, 0.29) is 17.8 Å². The number of rotatable bonds is 6. The lowest BCUT2D eigenvalue weighted by Gasteiger charge is -2.32. The second-order valence-corrected chi connectivity index (χ2v) is 7.52. The summed E-state index contributed by atoms with van der Waals surface area (Å²) in [6.07, 6.45) is 1.81. The molecule has 0 saturated carbocycles. The van der Waals surface area contributed by atoms with E-state index in [1.165, 1.54) is 12.1 Å². The van der Waals surface area contributed by atoms with Crippen LogP contribution in [0.4, 0.5) is 4.39 Å². The lowest BCUT2D eigenvalue weighted by Crippen LogP contribution is -2.44. The summed E-state index contributed by atoms with van der Waals surface area (Å²) in [6.45, 7) is 5.19. The lowest BCUT2D eigenvalue weighted by atomic mass is 10.0. The van der Waals surface area contributed by atoms with Gasteiger partial charge in [0.15, 0.2) is 0 Å². The third-order valence-electron chi connectivity index (χ3n) is 5.39. The van der Waals surface area contributed by atoms with E-state index in [1.807, 2.05) is 43.3 Å². The van der Waals surface area contributed by atoms with Crippen molar-refractivity contribution in [3.8, 4) is 5.75 Å². The molecule has 1 aromatic heterocycles. The molecule has 0 radical (unpaired) electrons. The number of H-pyrrole nitrogens is 1. The topological polar surface area (TPSA) is 57.4 Å². The molecule has 2 heterocycles. The maximum Gasteiger partial charge on any atom is 0.267 e. The molecule has 5 nitrogen and oxygen atoms in total. The number of likely N-dealkylation sites (tertiary alicyclic amines) is 1. The molecule has 29 heavy (non-hydrogen) atoms. The van der Waals surface area contributed by atoms with Crippen LogP contribution in [0.2, 0.25) is 0 Å². The summed E-state index contributed by atoms with van der Waals surface area (Å²) in [5.41, 5.74) is 2.58. The van der Waals surface area contributed by atoms with Crippen molar-refractivity contribution >= 4 is 16.8 Å². The Morgan fingerprint density at radius 3 is 2.66 bits per heavy atom. The molecule has 1 saturated heterocycles. The van der Waals surface area contributed by atoms with Crippen LogP contribution in [0.5, 0.6) is 5.75 Å². The van der Waals surface area contributed by atoms with Crippen molar-refractivity contribution in [3.63, 3.8) is 0 Å². The maximum atomic E-state index is 13.0. The van der Waals surface area contributed by atoms with E-state index in [2.05, 4.69) is 15.2 Å². The van der Waals surface area contributed by atoms with Gasteiger partial charge in [-0.3, -0.25) is 9.69 Å². The maximum absolute atomic E-state index is 13.0. The van der Waals surface area contributed by atoms with Crippen molar-refractivity contribution < 1.29 is 13.9 Å². The van der Waals surface area contributed by atoms with Gasteiger partial charge in [0.25, 0.3) is 5.91 Å². The SMILES string of the molecule is CCOc1ccc2cc(C(=O)NC3CCN(Cc4ccc(F)cc4)CC3)[nH]c2c1. The number of fused-ring (bicyclic) bond motifs is 1. The van der Waals surface area contributed by atoms with Gasteiger partial charge in [0.05, 0.1) is 6.61 Å². The number of carbonyl (C=O) groups is 1. The molecule has 0 spiro atoms. The van der Waals surface area contributed by atoms with E-state index in [9.17, 15) is 9.18 Å². The number of benzene rings is 2. The van der Waals surface area contributed by atoms with E-state index in [0.29, 0.717) is 12.3 Å². The number of ether oxygens (including phenoxy) is 1. The van der Waals surface area contributed by atoms with Crippen molar-refractivity contribution in [2.24, 2.45) is 0 Å². The quantitative estimate of drug-likeness (QED) is 0.661. The zero-order chi connectivity index (χ0) is 20.2. The van der Waals surface area contributed by atoms with Crippen molar-refractivity contribution in [2.75, 3.05) is 19.7 Å². The highest BCUT2D eigenvalue weighted by Gasteiger charge is 2.22. The molecule has 2 N–H and O–H groups in total. The number of aromatic nitrogens is 1. The Morgan fingerprint density at radius 2 is 1.93 bits per heavy atom. The first-order valence-corrected chi connectivity index (χ1v) is 10.1. The van der Waals surface area contributed by atoms with Crippen molar-refractivity contribution in [1.29, 1.82) is 0 Å². The largest absolute Gasteiger partial charge is 0.494 e. The third-order valence-corrected chi connectivity index (χ3v) is 5.39. The molecular formula is C23H26FN3O2. The molecule has 3 aromatic rings. The average molecular weight is 395 g/mol. The Labute approximate surface area is 169 Å². The highest BCUT2D eigenvalue weighted by Crippen LogP contribution is 2.22. The van der Waals surface area contributed by atoms with Gasteiger partial charge in [0.2, 0.25) is 0 Å². The molecule has 6 heteroatoms. The van der Waals surface area contributed by atoms with Crippen LogP contribution in [0, 0.1) is 5.82 Å². The standard InChI is InChI=1S/C23H26FN3O2/c1-2-29-20-8-5-17-13-22(26-21(17)14-20)23(28)25-19-9-11-27(12-10-19)15-16-3-6-18(24)7-4-16/h3-8,13-14,19,26H,2,9-12,15H2,1H3,(H,25,28). The number of hydrogen-bond acceptors (Lipinski definition) is 3. The first kappa shape index (κ1) is 19.5. The van der Waals surface area contributed by atoms with Gasteiger partial charge in [-0.15, -0.1) is 0 Å². The van der Waals surface area contributed by atoms with Gasteiger partial charge in [-0.2, -0.15) is 0 Å². The minimum Gasteiger partial charge on any atom is -0.494 e. The first-order valence-electron chi connectivity index (χ1n) is 10.1. The monoisotopic (exact) mass is 395 g/mol. The number of carbonyl (C=O) groups excluding carboxylic acids is 1. The Balaban J connectivity index is 1.31. The normalized spacial score (nSPS) is 15.5. The minimum absolute atomic E-state index is 0.0730. The van der Waals surface area contributed by atoms with Gasteiger partial charge in [0, 0.05) is 42.6 Å². The summed E-state index contributed by atoms with van der Waals surface area (Å²) in [4.78, 5) is 18.2. The second-order valence-electron chi connectivity index (χ2n) is 7.52. The van der Waals surface area contributed by atoms with Crippen molar-refractivity contribution in [2.45, 2.75) is 32.4 Å². The van der Waals surface area contributed by atoms with Crippen LogP contribution in [-0.2, 0) is 6.54 Å². The number of piperidine rings is 1. The molecule has 0 atom stereocenters. The van der Waals surface area contributed by atoms with Crippen LogP contribution in [0.15, 0.2) is 48.5 Å². The predicted molar refractivity (Wildman–Crippen MR) is 112 cm³/mol. The number of nitrogens with one attached hydrogen (secondary N) is 2. The van der Waals surface area contributed by atoms with Crippen molar-refractivity contribution in [3.05, 3.63) is 65.6 Å². The molecule has 1 amide bonds. The van der Waals surface area contributed by atoms with Crippen LogP contribution < -0.4 is 10.1 Å². The van der Waals surface area contributed by atoms with E-state index >= 15 is 0 Å². The van der Waals surface area contributed by atoms with Gasteiger partial charge in [0.1, 0.15) is 17.3 Å². The molecule has 0 aliphatic carbocycles. The Bertz CT molecular complexity index is 975. The average Bonchev–Trinajstić information content (AvgIpc) is 3.15. The van der Waals surface area contributed by atoms with Crippen LogP contribution in [0.3, 0.4) is 0 Å². The fourth-order valence-electron chi connectivity index (χ4n) is 3.83. The first-order chi connectivity index (χ1) is 14.1.